The number of benzene rings is 2. The van der Waals surface area contributed by atoms with Gasteiger partial charge in [-0.2, -0.15) is 0 Å². The number of carbonyl (C=O) groups is 2. The van der Waals surface area contributed by atoms with Crippen LogP contribution in [0.25, 0.3) is 10.2 Å². The lowest BCUT2D eigenvalue weighted by molar-refractivity contribution is -0.153. The normalized spacial score (nSPS) is 10.6. The first kappa shape index (κ1) is 19.8. The molecule has 8 heteroatoms. The third-order valence-electron chi connectivity index (χ3n) is 3.82. The molecule has 0 aliphatic heterocycles. The van der Waals surface area contributed by atoms with Crippen molar-refractivity contribution in [2.24, 2.45) is 0 Å². The Labute approximate surface area is 166 Å². The van der Waals surface area contributed by atoms with Crippen LogP contribution in [-0.4, -0.2) is 37.2 Å². The van der Waals surface area contributed by atoms with Crippen molar-refractivity contribution in [1.82, 2.24) is 10.3 Å². The highest BCUT2D eigenvalue weighted by Crippen LogP contribution is 2.21. The van der Waals surface area contributed by atoms with E-state index in [2.05, 4.69) is 10.3 Å². The third kappa shape index (κ3) is 5.51. The summed E-state index contributed by atoms with van der Waals surface area (Å²) in [6.07, 6.45) is 0. The van der Waals surface area contributed by atoms with E-state index in [1.807, 2.05) is 48.5 Å². The van der Waals surface area contributed by atoms with Crippen molar-refractivity contribution in [3.8, 4) is 5.75 Å². The van der Waals surface area contributed by atoms with Gasteiger partial charge in [0, 0.05) is 12.1 Å². The molecule has 1 amide bonds. The average Bonchev–Trinajstić information content (AvgIpc) is 3.13. The lowest BCUT2D eigenvalue weighted by Crippen LogP contribution is -2.29. The van der Waals surface area contributed by atoms with Crippen LogP contribution in [0.2, 0.25) is 0 Å². The van der Waals surface area contributed by atoms with Gasteiger partial charge >= 0.3 is 5.97 Å². The lowest BCUT2D eigenvalue weighted by atomic mass is 10.2. The van der Waals surface area contributed by atoms with Gasteiger partial charge in [0.2, 0.25) is 0 Å². The van der Waals surface area contributed by atoms with E-state index in [-0.39, 0.29) is 26.4 Å². The van der Waals surface area contributed by atoms with Crippen LogP contribution in [0.15, 0.2) is 48.5 Å². The molecule has 1 aromatic heterocycles. The number of methoxy groups -OCH3 is 1. The van der Waals surface area contributed by atoms with E-state index < -0.39 is 11.9 Å². The first-order chi connectivity index (χ1) is 13.7. The van der Waals surface area contributed by atoms with Crippen LogP contribution in [0.1, 0.15) is 10.6 Å². The van der Waals surface area contributed by atoms with Crippen molar-refractivity contribution >= 4 is 33.4 Å². The Kier molecular flexibility index (Phi) is 6.94. The van der Waals surface area contributed by atoms with Gasteiger partial charge in [-0.25, -0.2) is 9.78 Å². The van der Waals surface area contributed by atoms with Gasteiger partial charge < -0.3 is 19.5 Å². The molecule has 0 unspecified atom stereocenters. The summed E-state index contributed by atoms with van der Waals surface area (Å²) < 4.78 is 16.5. The number of esters is 1. The second-order valence-electron chi connectivity index (χ2n) is 5.82. The maximum Gasteiger partial charge on any atom is 0.332 e. The largest absolute Gasteiger partial charge is 0.496 e. The van der Waals surface area contributed by atoms with Crippen molar-refractivity contribution in [3.63, 3.8) is 0 Å². The van der Waals surface area contributed by atoms with Crippen LogP contribution in [0.5, 0.6) is 5.75 Å². The lowest BCUT2D eigenvalue weighted by Gasteiger charge is -2.10. The van der Waals surface area contributed by atoms with Crippen molar-refractivity contribution in [1.29, 1.82) is 0 Å². The molecule has 0 fully saturated rings. The van der Waals surface area contributed by atoms with Crippen molar-refractivity contribution in [2.45, 2.75) is 13.2 Å². The molecule has 0 bridgehead atoms. The number of ether oxygens (including phenoxy) is 3. The number of hydrogen-bond acceptors (Lipinski definition) is 7. The summed E-state index contributed by atoms with van der Waals surface area (Å²) in [7, 11) is 1.57. The van der Waals surface area contributed by atoms with Gasteiger partial charge in [-0.15, -0.1) is 11.3 Å². The summed E-state index contributed by atoms with van der Waals surface area (Å²) >= 11 is 1.51. The minimum Gasteiger partial charge on any atom is -0.496 e. The monoisotopic (exact) mass is 400 g/mol. The number of aromatic nitrogens is 1. The Balaban J connectivity index is 1.35. The number of hydrogen-bond donors (Lipinski definition) is 1. The van der Waals surface area contributed by atoms with Crippen molar-refractivity contribution in [3.05, 3.63) is 59.1 Å². The molecular formula is C20H20N2O5S. The number of nitrogens with one attached hydrogen (secondary N) is 1. The maximum absolute atomic E-state index is 11.8. The number of thiazole rings is 1. The molecule has 146 valence electrons. The molecule has 0 atom stereocenters. The molecule has 3 rings (SSSR count). The quantitative estimate of drug-likeness (QED) is 0.556. The highest BCUT2D eigenvalue weighted by Gasteiger charge is 2.10. The fourth-order valence-electron chi connectivity index (χ4n) is 2.48. The minimum atomic E-state index is -0.603. The van der Waals surface area contributed by atoms with Gasteiger partial charge in [-0.1, -0.05) is 30.3 Å². The van der Waals surface area contributed by atoms with Crippen molar-refractivity contribution in [2.75, 3.05) is 20.3 Å². The van der Waals surface area contributed by atoms with Crippen molar-refractivity contribution < 1.29 is 23.8 Å². The fourth-order valence-corrected chi connectivity index (χ4v) is 3.39. The SMILES string of the molecule is COc1ccccc1CNC(=O)COC(=O)COCc1nc2ccccc2s1. The Morgan fingerprint density at radius 1 is 1.07 bits per heavy atom. The maximum atomic E-state index is 11.8. The van der Waals surface area contributed by atoms with Crippen LogP contribution >= 0.6 is 11.3 Å². The van der Waals surface area contributed by atoms with E-state index in [1.54, 1.807) is 7.11 Å². The topological polar surface area (TPSA) is 86.8 Å². The third-order valence-corrected chi connectivity index (χ3v) is 4.83. The predicted octanol–water partition coefficient (Wildman–Crippen LogP) is 2.68. The highest BCUT2D eigenvalue weighted by molar-refractivity contribution is 7.18. The molecule has 0 aliphatic rings. The molecule has 0 saturated heterocycles. The summed E-state index contributed by atoms with van der Waals surface area (Å²) in [6.45, 7) is -0.100. The molecule has 0 spiro atoms. The number of amides is 1. The second kappa shape index (κ2) is 9.82. The summed E-state index contributed by atoms with van der Waals surface area (Å²) in [5.41, 5.74) is 1.74. The summed E-state index contributed by atoms with van der Waals surface area (Å²) in [5.74, 6) is -0.318. The van der Waals surface area contributed by atoms with E-state index in [4.69, 9.17) is 14.2 Å². The number of rotatable bonds is 9. The van der Waals surface area contributed by atoms with Gasteiger partial charge in [0.15, 0.2) is 6.61 Å². The Morgan fingerprint density at radius 3 is 2.68 bits per heavy atom. The second-order valence-corrected chi connectivity index (χ2v) is 6.93. The number of nitrogens with zero attached hydrogens (tertiary/aromatic N) is 1. The number of fused-ring (bicyclic) bond motifs is 1. The Hall–Kier alpha value is -2.97. The van der Waals surface area contributed by atoms with Crippen LogP contribution in [0, 0.1) is 0 Å². The molecule has 28 heavy (non-hydrogen) atoms. The van der Waals surface area contributed by atoms with Gasteiger partial charge in [0.05, 0.1) is 23.9 Å². The zero-order chi connectivity index (χ0) is 19.8. The summed E-state index contributed by atoms with van der Waals surface area (Å²) in [6, 6.07) is 15.1. The molecule has 0 aliphatic carbocycles. The van der Waals surface area contributed by atoms with E-state index in [0.29, 0.717) is 5.75 Å². The van der Waals surface area contributed by atoms with Crippen LogP contribution in [0.4, 0.5) is 0 Å². The molecule has 0 saturated carbocycles. The average molecular weight is 400 g/mol. The first-order valence-electron chi connectivity index (χ1n) is 8.62. The predicted molar refractivity (Wildman–Crippen MR) is 105 cm³/mol. The van der Waals surface area contributed by atoms with E-state index >= 15 is 0 Å². The van der Waals surface area contributed by atoms with Gasteiger partial charge in [-0.05, 0) is 18.2 Å². The smallest absolute Gasteiger partial charge is 0.332 e. The van der Waals surface area contributed by atoms with Gasteiger partial charge in [0.1, 0.15) is 17.4 Å². The summed E-state index contributed by atoms with van der Waals surface area (Å²) in [5, 5.41) is 3.46. The molecule has 3 aromatic rings. The Morgan fingerprint density at radius 2 is 1.86 bits per heavy atom. The van der Waals surface area contributed by atoms with Crippen LogP contribution in [0.3, 0.4) is 0 Å². The fraction of sp³-hybridized carbons (Fsp3) is 0.250. The Bertz CT molecular complexity index is 923. The van der Waals surface area contributed by atoms with Gasteiger partial charge in [-0.3, -0.25) is 4.79 Å². The number of para-hydroxylation sites is 2. The standard InChI is InChI=1S/C20H20N2O5S/c1-25-16-8-4-2-6-14(16)10-21-18(23)11-27-20(24)13-26-12-19-22-15-7-3-5-9-17(15)28-19/h2-9H,10-13H2,1H3,(H,21,23). The van der Waals surface area contributed by atoms with E-state index in [1.165, 1.54) is 11.3 Å². The first-order valence-corrected chi connectivity index (χ1v) is 9.44. The van der Waals surface area contributed by atoms with E-state index in [9.17, 15) is 9.59 Å². The highest BCUT2D eigenvalue weighted by atomic mass is 32.1. The molecule has 2 aromatic carbocycles. The van der Waals surface area contributed by atoms with Crippen LogP contribution in [-0.2, 0) is 32.2 Å². The zero-order valence-corrected chi connectivity index (χ0v) is 16.2. The molecular weight excluding hydrogens is 380 g/mol. The number of carbonyl (C=O) groups excluding carboxylic acids is 2. The van der Waals surface area contributed by atoms with Crippen LogP contribution < -0.4 is 10.1 Å². The molecule has 7 nitrogen and oxygen atoms in total. The van der Waals surface area contributed by atoms with E-state index in [0.717, 1.165) is 20.8 Å². The molecule has 1 N–H and O–H groups in total. The zero-order valence-electron chi connectivity index (χ0n) is 15.3. The molecule has 1 heterocycles. The summed E-state index contributed by atoms with van der Waals surface area (Å²) in [4.78, 5) is 28.0. The molecule has 0 radical (unpaired) electrons. The minimum absolute atomic E-state index is 0.217. The van der Waals surface area contributed by atoms with Gasteiger partial charge in [0.25, 0.3) is 5.91 Å².